The van der Waals surface area contributed by atoms with Crippen LogP contribution in [0.25, 0.3) is 6.08 Å². The first-order valence-corrected chi connectivity index (χ1v) is 10.7. The minimum absolute atomic E-state index is 0.0155. The van der Waals surface area contributed by atoms with E-state index in [2.05, 4.69) is 10.6 Å². The fourth-order valence-electron chi connectivity index (χ4n) is 2.89. The summed E-state index contributed by atoms with van der Waals surface area (Å²) in [5.41, 5.74) is 1.28. The van der Waals surface area contributed by atoms with E-state index in [0.29, 0.717) is 43.4 Å². The quantitative estimate of drug-likeness (QED) is 0.382. The molecule has 0 heterocycles. The van der Waals surface area contributed by atoms with Crippen molar-refractivity contribution in [2.75, 3.05) is 19.5 Å². The van der Waals surface area contributed by atoms with Crippen molar-refractivity contribution in [2.45, 2.75) is 0 Å². The van der Waals surface area contributed by atoms with Crippen LogP contribution < -0.4 is 20.1 Å². The van der Waals surface area contributed by atoms with E-state index in [1.54, 1.807) is 60.7 Å². The number of benzene rings is 3. The fraction of sp³-hybridized carbons (Fsp3) is 0.0833. The number of amides is 2. The lowest BCUT2D eigenvalue weighted by atomic mass is 10.1. The molecule has 3 aromatic rings. The number of halogens is 3. The first kappa shape index (κ1) is 24.5. The lowest BCUT2D eigenvalue weighted by Gasteiger charge is -2.13. The van der Waals surface area contributed by atoms with Crippen LogP contribution in [-0.4, -0.2) is 26.0 Å². The predicted molar refractivity (Wildman–Crippen MR) is 132 cm³/mol. The SMILES string of the molecule is COc1ccc(C=C(NC(=O)c2ccc(Cl)cc2)C(=O)Nc2cc(Cl)cc(Cl)c2)cc1OC. The third-order valence-electron chi connectivity index (χ3n) is 4.44. The second-order valence-electron chi connectivity index (χ2n) is 6.75. The zero-order chi connectivity index (χ0) is 24.0. The Morgan fingerprint density at radius 2 is 1.42 bits per heavy atom. The largest absolute Gasteiger partial charge is 0.493 e. The molecule has 3 rings (SSSR count). The second-order valence-corrected chi connectivity index (χ2v) is 8.06. The molecule has 0 aliphatic carbocycles. The van der Waals surface area contributed by atoms with Gasteiger partial charge in [-0.15, -0.1) is 0 Å². The molecule has 0 spiro atoms. The molecule has 0 aromatic heterocycles. The maximum absolute atomic E-state index is 13.1. The van der Waals surface area contributed by atoms with Crippen LogP contribution in [0.3, 0.4) is 0 Å². The molecule has 0 fully saturated rings. The summed E-state index contributed by atoms with van der Waals surface area (Å²) in [7, 11) is 3.03. The topological polar surface area (TPSA) is 76.7 Å². The summed E-state index contributed by atoms with van der Waals surface area (Å²) < 4.78 is 10.6. The minimum Gasteiger partial charge on any atom is -0.493 e. The van der Waals surface area contributed by atoms with Crippen LogP contribution >= 0.6 is 34.8 Å². The van der Waals surface area contributed by atoms with Gasteiger partial charge in [0.25, 0.3) is 11.8 Å². The summed E-state index contributed by atoms with van der Waals surface area (Å²) in [6, 6.07) is 16.0. The smallest absolute Gasteiger partial charge is 0.272 e. The molecule has 0 bridgehead atoms. The van der Waals surface area contributed by atoms with Gasteiger partial charge in [0.15, 0.2) is 11.5 Å². The predicted octanol–water partition coefficient (Wildman–Crippen LogP) is 6.07. The van der Waals surface area contributed by atoms with Gasteiger partial charge in [0.2, 0.25) is 0 Å². The van der Waals surface area contributed by atoms with Crippen molar-refractivity contribution in [3.05, 3.63) is 92.6 Å². The van der Waals surface area contributed by atoms with E-state index in [9.17, 15) is 9.59 Å². The lowest BCUT2D eigenvalue weighted by molar-refractivity contribution is -0.113. The summed E-state index contributed by atoms with van der Waals surface area (Å²) in [5.74, 6) is -0.0702. The van der Waals surface area contributed by atoms with Crippen LogP contribution in [0.1, 0.15) is 15.9 Å². The highest BCUT2D eigenvalue weighted by atomic mass is 35.5. The van der Waals surface area contributed by atoms with Crippen LogP contribution in [0.4, 0.5) is 5.69 Å². The van der Waals surface area contributed by atoms with Gasteiger partial charge in [-0.05, 0) is 66.2 Å². The number of carbonyl (C=O) groups is 2. The third kappa shape index (κ3) is 6.65. The van der Waals surface area contributed by atoms with Gasteiger partial charge >= 0.3 is 0 Å². The molecule has 0 saturated carbocycles. The summed E-state index contributed by atoms with van der Waals surface area (Å²) in [6.07, 6.45) is 1.51. The maximum atomic E-state index is 13.1. The average molecular weight is 506 g/mol. The highest BCUT2D eigenvalue weighted by molar-refractivity contribution is 6.35. The molecule has 2 amide bonds. The monoisotopic (exact) mass is 504 g/mol. The fourth-order valence-corrected chi connectivity index (χ4v) is 3.54. The molecule has 0 atom stereocenters. The van der Waals surface area contributed by atoms with Crippen molar-refractivity contribution in [3.63, 3.8) is 0 Å². The number of nitrogens with one attached hydrogen (secondary N) is 2. The molecule has 33 heavy (non-hydrogen) atoms. The average Bonchev–Trinajstić information content (AvgIpc) is 2.78. The Morgan fingerprint density at radius 1 is 0.788 bits per heavy atom. The standard InChI is InChI=1S/C24H19Cl3N2O4/c1-32-21-8-3-14(10-22(21)33-2)9-20(29-23(30)15-4-6-16(25)7-5-15)24(31)28-19-12-17(26)11-18(27)13-19/h3-13H,1-2H3,(H,28,31)(H,29,30). The number of rotatable bonds is 7. The molecule has 0 radical (unpaired) electrons. The Balaban J connectivity index is 1.95. The van der Waals surface area contributed by atoms with Crippen LogP contribution in [-0.2, 0) is 4.79 Å². The Kier molecular flexibility index (Phi) is 8.22. The van der Waals surface area contributed by atoms with E-state index in [4.69, 9.17) is 44.3 Å². The number of hydrogen-bond acceptors (Lipinski definition) is 4. The second kappa shape index (κ2) is 11.1. The lowest BCUT2D eigenvalue weighted by Crippen LogP contribution is -2.30. The van der Waals surface area contributed by atoms with Gasteiger partial charge in [0.05, 0.1) is 14.2 Å². The number of ether oxygens (including phenoxy) is 2. The van der Waals surface area contributed by atoms with Crippen LogP contribution in [0.5, 0.6) is 11.5 Å². The van der Waals surface area contributed by atoms with Gasteiger partial charge in [-0.25, -0.2) is 0 Å². The maximum Gasteiger partial charge on any atom is 0.272 e. The van der Waals surface area contributed by atoms with Crippen molar-refractivity contribution in [1.82, 2.24) is 5.32 Å². The van der Waals surface area contributed by atoms with E-state index in [0.717, 1.165) is 0 Å². The Bertz CT molecular complexity index is 1190. The normalized spacial score (nSPS) is 11.0. The summed E-state index contributed by atoms with van der Waals surface area (Å²) in [6.45, 7) is 0. The summed E-state index contributed by atoms with van der Waals surface area (Å²) >= 11 is 17.9. The van der Waals surface area contributed by atoms with E-state index >= 15 is 0 Å². The Labute approximate surface area is 206 Å². The van der Waals surface area contributed by atoms with E-state index in [1.165, 1.54) is 20.3 Å². The van der Waals surface area contributed by atoms with Crippen molar-refractivity contribution in [1.29, 1.82) is 0 Å². The van der Waals surface area contributed by atoms with E-state index < -0.39 is 11.8 Å². The Hall–Kier alpha value is -3.19. The molecule has 2 N–H and O–H groups in total. The van der Waals surface area contributed by atoms with Crippen molar-refractivity contribution >= 4 is 58.4 Å². The Morgan fingerprint density at radius 3 is 2.03 bits per heavy atom. The molecule has 3 aromatic carbocycles. The van der Waals surface area contributed by atoms with Gasteiger partial charge in [-0.2, -0.15) is 0 Å². The van der Waals surface area contributed by atoms with Crippen LogP contribution in [0.15, 0.2) is 66.4 Å². The first-order valence-electron chi connectivity index (χ1n) is 9.57. The number of hydrogen-bond donors (Lipinski definition) is 2. The minimum atomic E-state index is -0.578. The van der Waals surface area contributed by atoms with E-state index in [1.807, 2.05) is 0 Å². The molecule has 0 saturated heterocycles. The molecule has 0 aliphatic rings. The van der Waals surface area contributed by atoms with Crippen molar-refractivity contribution < 1.29 is 19.1 Å². The zero-order valence-corrected chi connectivity index (χ0v) is 19.9. The zero-order valence-electron chi connectivity index (χ0n) is 17.6. The van der Waals surface area contributed by atoms with Gasteiger partial charge in [0, 0.05) is 26.3 Å². The molecule has 9 heteroatoms. The molecule has 0 aliphatic heterocycles. The summed E-state index contributed by atoms with van der Waals surface area (Å²) in [5, 5.41) is 6.54. The van der Waals surface area contributed by atoms with Crippen LogP contribution in [0, 0.1) is 0 Å². The molecule has 0 unspecified atom stereocenters. The third-order valence-corrected chi connectivity index (χ3v) is 5.13. The molecular formula is C24H19Cl3N2O4. The highest BCUT2D eigenvalue weighted by Gasteiger charge is 2.16. The molecule has 6 nitrogen and oxygen atoms in total. The van der Waals surface area contributed by atoms with Crippen molar-refractivity contribution in [2.24, 2.45) is 0 Å². The van der Waals surface area contributed by atoms with Crippen LogP contribution in [0.2, 0.25) is 15.1 Å². The molecular weight excluding hydrogens is 487 g/mol. The summed E-state index contributed by atoms with van der Waals surface area (Å²) in [4.78, 5) is 25.9. The van der Waals surface area contributed by atoms with Crippen molar-refractivity contribution in [3.8, 4) is 11.5 Å². The van der Waals surface area contributed by atoms with Gasteiger partial charge in [0.1, 0.15) is 5.70 Å². The number of methoxy groups -OCH3 is 2. The van der Waals surface area contributed by atoms with Gasteiger partial charge in [-0.3, -0.25) is 9.59 Å². The van der Waals surface area contributed by atoms with Gasteiger partial charge < -0.3 is 20.1 Å². The number of carbonyl (C=O) groups excluding carboxylic acids is 2. The number of anilines is 1. The molecule has 170 valence electrons. The highest BCUT2D eigenvalue weighted by Crippen LogP contribution is 2.28. The van der Waals surface area contributed by atoms with E-state index in [-0.39, 0.29) is 5.70 Å². The first-order chi connectivity index (χ1) is 15.8. The van der Waals surface area contributed by atoms with Gasteiger partial charge in [-0.1, -0.05) is 40.9 Å².